The molecule has 1 aromatic carbocycles. The molecule has 0 unspecified atom stereocenters. The van der Waals surface area contributed by atoms with Crippen LogP contribution in [-0.4, -0.2) is 21.6 Å². The van der Waals surface area contributed by atoms with Crippen LogP contribution < -0.4 is 5.43 Å². The summed E-state index contributed by atoms with van der Waals surface area (Å²) < 4.78 is 0. The second kappa shape index (κ2) is 6.45. The molecule has 0 atom stereocenters. The highest BCUT2D eigenvalue weighted by Crippen LogP contribution is 2.22. The summed E-state index contributed by atoms with van der Waals surface area (Å²) in [4.78, 5) is 19.4. The smallest absolute Gasteiger partial charge is 0.265 e. The predicted octanol–water partition coefficient (Wildman–Crippen LogP) is 2.94. The van der Waals surface area contributed by atoms with Gasteiger partial charge in [0.05, 0.1) is 22.0 Å². The summed E-state index contributed by atoms with van der Waals surface area (Å²) in [6.07, 6.45) is 4.28. The second-order valence-corrected chi connectivity index (χ2v) is 4.67. The molecule has 0 bridgehead atoms. The number of carbonyl (C=O) groups excluding carboxylic acids is 1. The molecule has 20 heavy (non-hydrogen) atoms. The third kappa shape index (κ3) is 3.53. The van der Waals surface area contributed by atoms with Crippen LogP contribution in [0.2, 0.25) is 10.0 Å². The van der Waals surface area contributed by atoms with Crippen LogP contribution in [0.3, 0.4) is 0 Å². The first-order valence-corrected chi connectivity index (χ1v) is 6.39. The van der Waals surface area contributed by atoms with E-state index in [1.54, 1.807) is 25.1 Å². The van der Waals surface area contributed by atoms with Crippen molar-refractivity contribution in [3.63, 3.8) is 0 Å². The van der Waals surface area contributed by atoms with Gasteiger partial charge >= 0.3 is 0 Å². The van der Waals surface area contributed by atoms with Crippen molar-refractivity contribution in [2.75, 3.05) is 0 Å². The van der Waals surface area contributed by atoms with E-state index in [9.17, 15) is 4.79 Å². The van der Waals surface area contributed by atoms with Crippen molar-refractivity contribution in [2.24, 2.45) is 5.10 Å². The van der Waals surface area contributed by atoms with Crippen molar-refractivity contribution in [1.29, 1.82) is 0 Å². The van der Waals surface area contributed by atoms with Crippen LogP contribution in [0.4, 0.5) is 0 Å². The number of hydrazone groups is 1. The molecular weight excluding hydrogens is 299 g/mol. The Morgan fingerprint density at radius 1 is 1.25 bits per heavy atom. The second-order valence-electron chi connectivity index (χ2n) is 3.86. The number of aromatic nitrogens is 2. The lowest BCUT2D eigenvalue weighted by molar-refractivity contribution is 0.0949. The first-order chi connectivity index (χ1) is 9.58. The number of hydrogen-bond acceptors (Lipinski definition) is 4. The standard InChI is InChI=1S/C13H10Cl2N4O/c1-8(9-2-3-10(14)11(15)6-9)18-19-13(20)12-7-16-4-5-17-12/h2-7H,1H3,(H,19,20)/b18-8-. The first kappa shape index (κ1) is 14.4. The Morgan fingerprint density at radius 3 is 2.70 bits per heavy atom. The molecule has 1 amide bonds. The first-order valence-electron chi connectivity index (χ1n) is 5.64. The number of carbonyl (C=O) groups is 1. The Bertz CT molecular complexity index is 659. The number of halogens is 2. The van der Waals surface area contributed by atoms with Gasteiger partial charge in [-0.15, -0.1) is 0 Å². The quantitative estimate of drug-likeness (QED) is 0.700. The molecule has 0 aliphatic heterocycles. The van der Waals surface area contributed by atoms with Gasteiger partial charge in [-0.05, 0) is 24.6 Å². The zero-order valence-corrected chi connectivity index (χ0v) is 12.0. The summed E-state index contributed by atoms with van der Waals surface area (Å²) in [6, 6.07) is 5.11. The van der Waals surface area contributed by atoms with Gasteiger partial charge < -0.3 is 0 Å². The van der Waals surface area contributed by atoms with E-state index < -0.39 is 5.91 Å². The molecular formula is C13H10Cl2N4O. The van der Waals surface area contributed by atoms with Gasteiger partial charge in [-0.25, -0.2) is 10.4 Å². The van der Waals surface area contributed by atoms with E-state index in [1.165, 1.54) is 18.6 Å². The van der Waals surface area contributed by atoms with E-state index >= 15 is 0 Å². The Balaban J connectivity index is 2.11. The number of amides is 1. The Hall–Kier alpha value is -1.98. The molecule has 0 fully saturated rings. The molecule has 1 aromatic heterocycles. The molecule has 2 rings (SSSR count). The fraction of sp³-hybridized carbons (Fsp3) is 0.0769. The summed E-state index contributed by atoms with van der Waals surface area (Å²) in [5.74, 6) is -0.433. The topological polar surface area (TPSA) is 67.2 Å². The average Bonchev–Trinajstić information content (AvgIpc) is 2.48. The molecule has 2 aromatic rings. The van der Waals surface area contributed by atoms with Gasteiger partial charge in [0.25, 0.3) is 5.91 Å². The van der Waals surface area contributed by atoms with Gasteiger partial charge in [0.1, 0.15) is 5.69 Å². The number of nitrogens with zero attached hydrogens (tertiary/aromatic N) is 3. The van der Waals surface area contributed by atoms with Crippen LogP contribution in [0.25, 0.3) is 0 Å². The van der Waals surface area contributed by atoms with Crippen LogP contribution in [0.1, 0.15) is 23.0 Å². The normalized spacial score (nSPS) is 11.2. The van der Waals surface area contributed by atoms with Crippen molar-refractivity contribution in [1.82, 2.24) is 15.4 Å². The van der Waals surface area contributed by atoms with Crippen molar-refractivity contribution < 1.29 is 4.79 Å². The maximum Gasteiger partial charge on any atom is 0.291 e. The molecule has 0 spiro atoms. The van der Waals surface area contributed by atoms with Crippen molar-refractivity contribution in [2.45, 2.75) is 6.92 Å². The molecule has 0 saturated carbocycles. The number of benzene rings is 1. The van der Waals surface area contributed by atoms with Crippen LogP contribution in [-0.2, 0) is 0 Å². The van der Waals surface area contributed by atoms with E-state index in [1.807, 2.05) is 0 Å². The molecule has 5 nitrogen and oxygen atoms in total. The van der Waals surface area contributed by atoms with E-state index in [-0.39, 0.29) is 5.69 Å². The van der Waals surface area contributed by atoms with Crippen molar-refractivity contribution in [3.8, 4) is 0 Å². The van der Waals surface area contributed by atoms with Crippen LogP contribution in [0.15, 0.2) is 41.9 Å². The summed E-state index contributed by atoms with van der Waals surface area (Å²) in [5.41, 5.74) is 3.96. The van der Waals surface area contributed by atoms with Gasteiger partial charge in [0.15, 0.2) is 0 Å². The highest BCUT2D eigenvalue weighted by Gasteiger charge is 2.06. The maximum atomic E-state index is 11.7. The molecule has 1 heterocycles. The van der Waals surface area contributed by atoms with E-state index in [0.29, 0.717) is 15.8 Å². The third-order valence-corrected chi connectivity index (χ3v) is 3.20. The Labute approximate surface area is 125 Å². The van der Waals surface area contributed by atoms with Crippen molar-refractivity contribution >= 4 is 34.8 Å². The fourth-order valence-electron chi connectivity index (χ4n) is 1.39. The van der Waals surface area contributed by atoms with Crippen LogP contribution in [0.5, 0.6) is 0 Å². The summed E-state index contributed by atoms with van der Waals surface area (Å²) in [6.45, 7) is 1.75. The molecule has 0 aliphatic rings. The predicted molar refractivity (Wildman–Crippen MR) is 78.2 cm³/mol. The highest BCUT2D eigenvalue weighted by atomic mass is 35.5. The Kier molecular flexibility index (Phi) is 4.65. The maximum absolute atomic E-state index is 11.7. The molecule has 7 heteroatoms. The fourth-order valence-corrected chi connectivity index (χ4v) is 1.69. The van der Waals surface area contributed by atoms with Gasteiger partial charge in [0.2, 0.25) is 0 Å². The monoisotopic (exact) mass is 308 g/mol. The molecule has 0 saturated heterocycles. The number of nitrogens with one attached hydrogen (secondary N) is 1. The number of rotatable bonds is 3. The minimum Gasteiger partial charge on any atom is -0.265 e. The number of hydrogen-bond donors (Lipinski definition) is 1. The van der Waals surface area contributed by atoms with Gasteiger partial charge in [-0.2, -0.15) is 5.10 Å². The Morgan fingerprint density at radius 2 is 2.05 bits per heavy atom. The molecule has 102 valence electrons. The summed E-state index contributed by atoms with van der Waals surface area (Å²) in [5, 5.41) is 4.88. The lowest BCUT2D eigenvalue weighted by Crippen LogP contribution is -2.20. The molecule has 0 aliphatic carbocycles. The summed E-state index contributed by atoms with van der Waals surface area (Å²) >= 11 is 11.8. The van der Waals surface area contributed by atoms with Gasteiger partial charge in [-0.3, -0.25) is 9.78 Å². The zero-order chi connectivity index (χ0) is 14.5. The minimum atomic E-state index is -0.433. The van der Waals surface area contributed by atoms with E-state index in [4.69, 9.17) is 23.2 Å². The van der Waals surface area contributed by atoms with Gasteiger partial charge in [-0.1, -0.05) is 29.3 Å². The third-order valence-electron chi connectivity index (χ3n) is 2.46. The largest absolute Gasteiger partial charge is 0.291 e. The van der Waals surface area contributed by atoms with Crippen molar-refractivity contribution in [3.05, 3.63) is 58.1 Å². The lowest BCUT2D eigenvalue weighted by Gasteiger charge is -2.04. The highest BCUT2D eigenvalue weighted by molar-refractivity contribution is 6.42. The van der Waals surface area contributed by atoms with Gasteiger partial charge in [0, 0.05) is 12.4 Å². The van der Waals surface area contributed by atoms with Crippen LogP contribution >= 0.6 is 23.2 Å². The zero-order valence-electron chi connectivity index (χ0n) is 10.5. The minimum absolute atomic E-state index is 0.193. The SMILES string of the molecule is C/C(=N/NC(=O)c1cnccn1)c1ccc(Cl)c(Cl)c1. The van der Waals surface area contributed by atoms with Crippen LogP contribution in [0, 0.1) is 0 Å². The average molecular weight is 309 g/mol. The molecule has 1 N–H and O–H groups in total. The van der Waals surface area contributed by atoms with E-state index in [0.717, 1.165) is 5.56 Å². The lowest BCUT2D eigenvalue weighted by atomic mass is 10.1. The van der Waals surface area contributed by atoms with E-state index in [2.05, 4.69) is 20.5 Å². The summed E-state index contributed by atoms with van der Waals surface area (Å²) in [7, 11) is 0. The molecule has 0 radical (unpaired) electrons.